The molecule has 1 unspecified atom stereocenters. The van der Waals surface area contributed by atoms with Crippen molar-refractivity contribution in [3.8, 4) is 11.5 Å². The lowest BCUT2D eigenvalue weighted by Gasteiger charge is -2.15. The standard InChI is InChI=1S/C21H25ClN2O4/c1-4-14(2)17-7-5-6-8-19(17)28-13-21(26)24-23-20(25)12-27-18-10-9-16(22)11-15(18)3/h5-11,14H,4,12-13H2,1-3H3,(H,23,25)(H,24,26). The highest BCUT2D eigenvalue weighted by Gasteiger charge is 2.12. The van der Waals surface area contributed by atoms with E-state index < -0.39 is 11.8 Å². The second-order valence-electron chi connectivity index (χ2n) is 6.43. The minimum absolute atomic E-state index is 0.203. The lowest BCUT2D eigenvalue weighted by atomic mass is 9.98. The lowest BCUT2D eigenvalue weighted by molar-refractivity contribution is -0.131. The fraction of sp³-hybridized carbons (Fsp3) is 0.333. The topological polar surface area (TPSA) is 76.7 Å². The predicted molar refractivity (Wildman–Crippen MR) is 109 cm³/mol. The minimum Gasteiger partial charge on any atom is -0.483 e. The number of para-hydroxylation sites is 1. The van der Waals surface area contributed by atoms with Crippen LogP contribution in [0.1, 0.15) is 37.3 Å². The number of rotatable bonds is 8. The number of hydrazine groups is 1. The molecule has 2 amide bonds. The van der Waals surface area contributed by atoms with Crippen molar-refractivity contribution in [2.75, 3.05) is 13.2 Å². The van der Waals surface area contributed by atoms with Gasteiger partial charge in [-0.15, -0.1) is 0 Å². The summed E-state index contributed by atoms with van der Waals surface area (Å²) in [6.45, 7) is 5.59. The van der Waals surface area contributed by atoms with Gasteiger partial charge in [0.05, 0.1) is 0 Å². The van der Waals surface area contributed by atoms with Gasteiger partial charge in [0.1, 0.15) is 11.5 Å². The van der Waals surface area contributed by atoms with E-state index in [0.29, 0.717) is 22.4 Å². The molecule has 2 aromatic rings. The Morgan fingerprint density at radius 1 is 1.00 bits per heavy atom. The van der Waals surface area contributed by atoms with Gasteiger partial charge in [0, 0.05) is 5.02 Å². The smallest absolute Gasteiger partial charge is 0.276 e. The molecule has 0 aliphatic carbocycles. The van der Waals surface area contributed by atoms with Crippen LogP contribution < -0.4 is 20.3 Å². The number of carbonyl (C=O) groups excluding carboxylic acids is 2. The van der Waals surface area contributed by atoms with Crippen LogP contribution >= 0.6 is 11.6 Å². The average molecular weight is 405 g/mol. The molecule has 28 heavy (non-hydrogen) atoms. The van der Waals surface area contributed by atoms with Crippen molar-refractivity contribution in [1.82, 2.24) is 10.9 Å². The van der Waals surface area contributed by atoms with Crippen LogP contribution in [0.4, 0.5) is 0 Å². The highest BCUT2D eigenvalue weighted by molar-refractivity contribution is 6.30. The summed E-state index contributed by atoms with van der Waals surface area (Å²) in [6, 6.07) is 12.7. The highest BCUT2D eigenvalue weighted by atomic mass is 35.5. The molecule has 2 aromatic carbocycles. The van der Waals surface area contributed by atoms with Crippen LogP contribution in [0.2, 0.25) is 5.02 Å². The number of aryl methyl sites for hydroxylation is 1. The first-order valence-corrected chi connectivity index (χ1v) is 9.46. The third-order valence-corrected chi connectivity index (χ3v) is 4.49. The monoisotopic (exact) mass is 404 g/mol. The number of benzene rings is 2. The zero-order chi connectivity index (χ0) is 20.5. The quantitative estimate of drug-likeness (QED) is 0.656. The van der Waals surface area contributed by atoms with Gasteiger partial charge in [-0.05, 0) is 54.7 Å². The Morgan fingerprint density at radius 3 is 2.21 bits per heavy atom. The fourth-order valence-corrected chi connectivity index (χ4v) is 2.74. The van der Waals surface area contributed by atoms with Crippen molar-refractivity contribution < 1.29 is 19.1 Å². The van der Waals surface area contributed by atoms with Crippen LogP contribution in [0.15, 0.2) is 42.5 Å². The van der Waals surface area contributed by atoms with Gasteiger partial charge >= 0.3 is 0 Å². The van der Waals surface area contributed by atoms with E-state index in [2.05, 4.69) is 24.7 Å². The molecule has 1 atom stereocenters. The summed E-state index contributed by atoms with van der Waals surface area (Å²) in [5, 5.41) is 0.594. The van der Waals surface area contributed by atoms with Gasteiger partial charge in [-0.3, -0.25) is 20.4 Å². The van der Waals surface area contributed by atoms with Gasteiger partial charge in [-0.2, -0.15) is 0 Å². The van der Waals surface area contributed by atoms with Crippen LogP contribution in [0.3, 0.4) is 0 Å². The molecule has 0 radical (unpaired) electrons. The minimum atomic E-state index is -0.484. The van der Waals surface area contributed by atoms with Gasteiger partial charge in [0.25, 0.3) is 11.8 Å². The van der Waals surface area contributed by atoms with Crippen molar-refractivity contribution in [2.45, 2.75) is 33.1 Å². The first kappa shape index (κ1) is 21.6. The summed E-state index contributed by atoms with van der Waals surface area (Å²) >= 11 is 5.88. The summed E-state index contributed by atoms with van der Waals surface area (Å²) in [7, 11) is 0. The number of ether oxygens (including phenoxy) is 2. The predicted octanol–water partition coefficient (Wildman–Crippen LogP) is 3.77. The highest BCUT2D eigenvalue weighted by Crippen LogP contribution is 2.28. The molecule has 6 nitrogen and oxygen atoms in total. The first-order valence-electron chi connectivity index (χ1n) is 9.09. The maximum absolute atomic E-state index is 11.9. The van der Waals surface area contributed by atoms with E-state index in [0.717, 1.165) is 17.5 Å². The average Bonchev–Trinajstić information content (AvgIpc) is 2.69. The molecule has 0 aliphatic rings. The number of nitrogens with one attached hydrogen (secondary N) is 2. The third-order valence-electron chi connectivity index (χ3n) is 4.26. The van der Waals surface area contributed by atoms with Crippen LogP contribution in [0.25, 0.3) is 0 Å². The number of hydrogen-bond donors (Lipinski definition) is 2. The molecule has 0 saturated carbocycles. The Morgan fingerprint density at radius 2 is 1.61 bits per heavy atom. The van der Waals surface area contributed by atoms with Crippen LogP contribution in [0.5, 0.6) is 11.5 Å². The van der Waals surface area contributed by atoms with Crippen molar-refractivity contribution in [1.29, 1.82) is 0 Å². The number of halogens is 1. The van der Waals surface area contributed by atoms with Crippen LogP contribution in [-0.4, -0.2) is 25.0 Å². The molecule has 2 rings (SSSR count). The summed E-state index contributed by atoms with van der Waals surface area (Å²) in [5.74, 6) is 0.598. The molecule has 150 valence electrons. The largest absolute Gasteiger partial charge is 0.483 e. The molecule has 7 heteroatoms. The van der Waals surface area contributed by atoms with Crippen LogP contribution in [0, 0.1) is 6.92 Å². The van der Waals surface area contributed by atoms with E-state index >= 15 is 0 Å². The molecule has 0 saturated heterocycles. The first-order chi connectivity index (χ1) is 13.4. The lowest BCUT2D eigenvalue weighted by Crippen LogP contribution is -2.45. The summed E-state index contributed by atoms with van der Waals surface area (Å²) < 4.78 is 11.0. The van der Waals surface area contributed by atoms with Gasteiger partial charge in [-0.25, -0.2) is 0 Å². The van der Waals surface area contributed by atoms with Gasteiger partial charge in [0.15, 0.2) is 13.2 Å². The van der Waals surface area contributed by atoms with E-state index in [1.165, 1.54) is 0 Å². The Kier molecular flexibility index (Phi) is 8.14. The SMILES string of the molecule is CCC(C)c1ccccc1OCC(=O)NNC(=O)COc1ccc(Cl)cc1C. The third kappa shape index (κ3) is 6.46. The fourth-order valence-electron chi connectivity index (χ4n) is 2.51. The molecule has 0 fully saturated rings. The Bertz CT molecular complexity index is 826. The number of hydrogen-bond acceptors (Lipinski definition) is 4. The molecule has 0 aliphatic heterocycles. The van der Waals surface area contributed by atoms with Crippen molar-refractivity contribution >= 4 is 23.4 Å². The normalized spacial score (nSPS) is 11.4. The van der Waals surface area contributed by atoms with E-state index in [1.807, 2.05) is 31.2 Å². The van der Waals surface area contributed by atoms with E-state index in [9.17, 15) is 9.59 Å². The Balaban J connectivity index is 1.76. The van der Waals surface area contributed by atoms with Gasteiger partial charge < -0.3 is 9.47 Å². The molecule has 0 aromatic heterocycles. The van der Waals surface area contributed by atoms with Gasteiger partial charge in [-0.1, -0.05) is 43.6 Å². The molecule has 0 spiro atoms. The van der Waals surface area contributed by atoms with Crippen molar-refractivity contribution in [3.63, 3.8) is 0 Å². The van der Waals surface area contributed by atoms with E-state index in [4.69, 9.17) is 21.1 Å². The second kappa shape index (κ2) is 10.6. The van der Waals surface area contributed by atoms with Crippen molar-refractivity contribution in [3.05, 3.63) is 58.6 Å². The molecular formula is C21H25ClN2O4. The second-order valence-corrected chi connectivity index (χ2v) is 6.87. The molecule has 0 bridgehead atoms. The summed E-state index contributed by atoms with van der Waals surface area (Å²) in [6.07, 6.45) is 0.968. The summed E-state index contributed by atoms with van der Waals surface area (Å²) in [5.41, 5.74) is 6.48. The zero-order valence-corrected chi connectivity index (χ0v) is 17.0. The van der Waals surface area contributed by atoms with E-state index in [1.54, 1.807) is 18.2 Å². The maximum atomic E-state index is 11.9. The molecular weight excluding hydrogens is 380 g/mol. The Labute approximate surface area is 170 Å². The van der Waals surface area contributed by atoms with Crippen LogP contribution in [-0.2, 0) is 9.59 Å². The maximum Gasteiger partial charge on any atom is 0.276 e. The molecule has 0 heterocycles. The van der Waals surface area contributed by atoms with Crippen molar-refractivity contribution in [2.24, 2.45) is 0 Å². The van der Waals surface area contributed by atoms with E-state index in [-0.39, 0.29) is 13.2 Å². The van der Waals surface area contributed by atoms with Gasteiger partial charge in [0.2, 0.25) is 0 Å². The number of carbonyl (C=O) groups is 2. The summed E-state index contributed by atoms with van der Waals surface area (Å²) in [4.78, 5) is 23.8. The zero-order valence-electron chi connectivity index (χ0n) is 16.3. The number of amides is 2. The Hall–Kier alpha value is -2.73. The molecule has 2 N–H and O–H groups in total.